The van der Waals surface area contributed by atoms with Gasteiger partial charge in [-0.2, -0.15) is 5.10 Å². The first-order valence-electron chi connectivity index (χ1n) is 10.7. The van der Waals surface area contributed by atoms with Crippen molar-refractivity contribution in [2.24, 2.45) is 0 Å². The number of carbonyl (C=O) groups is 1. The first-order chi connectivity index (χ1) is 16.5. The standard InChI is InChI=1S/C26H23Cl2N3O3/c1-2-33-21-9-11-22(12-10-21)34-17-18-5-3-6-19(13-18)26(32)30-20-14-29-31(15-20)16-23-24(27)7-4-8-25(23)28/h3-15H,2,16-17H2,1H3,(H,30,32). The van der Waals surface area contributed by atoms with E-state index in [1.54, 1.807) is 47.4 Å². The first kappa shape index (κ1) is 23.7. The summed E-state index contributed by atoms with van der Waals surface area (Å²) in [6.07, 6.45) is 3.32. The van der Waals surface area contributed by atoms with Crippen LogP contribution in [0.4, 0.5) is 5.69 Å². The number of amides is 1. The van der Waals surface area contributed by atoms with E-state index in [4.69, 9.17) is 32.7 Å². The summed E-state index contributed by atoms with van der Waals surface area (Å²) in [5, 5.41) is 8.30. The number of hydrogen-bond donors (Lipinski definition) is 1. The zero-order valence-electron chi connectivity index (χ0n) is 18.5. The second-order valence-corrected chi connectivity index (χ2v) is 8.29. The number of aromatic nitrogens is 2. The SMILES string of the molecule is CCOc1ccc(OCc2cccc(C(=O)Nc3cnn(Cc4c(Cl)cccc4Cl)c3)c2)cc1. The molecular weight excluding hydrogens is 473 g/mol. The Morgan fingerprint density at radius 1 is 0.971 bits per heavy atom. The number of anilines is 1. The van der Waals surface area contributed by atoms with Gasteiger partial charge in [0.25, 0.3) is 5.91 Å². The Hall–Kier alpha value is -3.48. The van der Waals surface area contributed by atoms with Crippen molar-refractivity contribution >= 4 is 34.8 Å². The molecule has 1 heterocycles. The minimum absolute atomic E-state index is 0.238. The van der Waals surface area contributed by atoms with E-state index in [1.807, 2.05) is 43.3 Å². The Balaban J connectivity index is 1.36. The second kappa shape index (κ2) is 11.1. The maximum atomic E-state index is 12.8. The number of nitrogens with one attached hydrogen (secondary N) is 1. The highest BCUT2D eigenvalue weighted by Gasteiger charge is 2.11. The van der Waals surface area contributed by atoms with Gasteiger partial charge < -0.3 is 14.8 Å². The minimum Gasteiger partial charge on any atom is -0.494 e. The normalized spacial score (nSPS) is 10.7. The average molecular weight is 496 g/mol. The van der Waals surface area contributed by atoms with Crippen molar-refractivity contribution in [3.05, 3.63) is 106 Å². The van der Waals surface area contributed by atoms with Crippen LogP contribution in [-0.4, -0.2) is 22.3 Å². The number of hydrogen-bond acceptors (Lipinski definition) is 4. The van der Waals surface area contributed by atoms with E-state index in [1.165, 1.54) is 0 Å². The van der Waals surface area contributed by atoms with Gasteiger partial charge in [-0.1, -0.05) is 41.4 Å². The fraction of sp³-hybridized carbons (Fsp3) is 0.154. The lowest BCUT2D eigenvalue weighted by Gasteiger charge is -2.09. The molecular formula is C26H23Cl2N3O3. The molecule has 3 aromatic carbocycles. The van der Waals surface area contributed by atoms with Gasteiger partial charge in [-0.05, 0) is 61.0 Å². The highest BCUT2D eigenvalue weighted by molar-refractivity contribution is 6.35. The summed E-state index contributed by atoms with van der Waals surface area (Å²) in [5.74, 6) is 1.29. The lowest BCUT2D eigenvalue weighted by molar-refractivity contribution is 0.102. The van der Waals surface area contributed by atoms with Crippen molar-refractivity contribution in [3.63, 3.8) is 0 Å². The minimum atomic E-state index is -0.238. The molecule has 0 spiro atoms. The molecule has 1 N–H and O–H groups in total. The largest absolute Gasteiger partial charge is 0.494 e. The molecule has 1 amide bonds. The molecule has 0 bridgehead atoms. The summed E-state index contributed by atoms with van der Waals surface area (Å²) in [7, 11) is 0. The summed E-state index contributed by atoms with van der Waals surface area (Å²) in [6.45, 7) is 3.29. The molecule has 0 saturated carbocycles. The fourth-order valence-corrected chi connectivity index (χ4v) is 3.85. The van der Waals surface area contributed by atoms with Gasteiger partial charge in [0.1, 0.15) is 18.1 Å². The molecule has 34 heavy (non-hydrogen) atoms. The smallest absolute Gasteiger partial charge is 0.255 e. The van der Waals surface area contributed by atoms with Gasteiger partial charge in [0.05, 0.1) is 25.0 Å². The van der Waals surface area contributed by atoms with Crippen LogP contribution in [0, 0.1) is 0 Å². The third-order valence-corrected chi connectivity index (χ3v) is 5.71. The van der Waals surface area contributed by atoms with Crippen molar-refractivity contribution in [2.75, 3.05) is 11.9 Å². The number of halogens is 2. The topological polar surface area (TPSA) is 65.4 Å². The van der Waals surface area contributed by atoms with Crippen LogP contribution in [0.2, 0.25) is 10.0 Å². The van der Waals surface area contributed by atoms with Gasteiger partial charge in [-0.15, -0.1) is 0 Å². The van der Waals surface area contributed by atoms with Crippen molar-refractivity contribution in [1.82, 2.24) is 9.78 Å². The summed E-state index contributed by atoms with van der Waals surface area (Å²) >= 11 is 12.5. The molecule has 4 rings (SSSR count). The molecule has 0 aliphatic carbocycles. The van der Waals surface area contributed by atoms with Crippen LogP contribution in [-0.2, 0) is 13.2 Å². The van der Waals surface area contributed by atoms with Crippen LogP contribution in [0.5, 0.6) is 11.5 Å². The van der Waals surface area contributed by atoms with Crippen molar-refractivity contribution in [2.45, 2.75) is 20.1 Å². The molecule has 0 aliphatic rings. The van der Waals surface area contributed by atoms with E-state index in [0.717, 1.165) is 22.6 Å². The number of carbonyl (C=O) groups excluding carboxylic acids is 1. The zero-order valence-corrected chi connectivity index (χ0v) is 20.0. The second-order valence-electron chi connectivity index (χ2n) is 7.47. The van der Waals surface area contributed by atoms with Gasteiger partial charge in [0.2, 0.25) is 0 Å². The third-order valence-electron chi connectivity index (χ3n) is 5.00. The van der Waals surface area contributed by atoms with Crippen LogP contribution in [0.25, 0.3) is 0 Å². The van der Waals surface area contributed by atoms with Crippen molar-refractivity contribution in [1.29, 1.82) is 0 Å². The molecule has 8 heteroatoms. The van der Waals surface area contributed by atoms with E-state index in [-0.39, 0.29) is 5.91 Å². The highest BCUT2D eigenvalue weighted by atomic mass is 35.5. The van der Waals surface area contributed by atoms with Gasteiger partial charge >= 0.3 is 0 Å². The predicted molar refractivity (Wildman–Crippen MR) is 134 cm³/mol. The summed E-state index contributed by atoms with van der Waals surface area (Å²) in [4.78, 5) is 12.8. The number of benzene rings is 3. The molecule has 0 aliphatic heterocycles. The Morgan fingerprint density at radius 3 is 2.35 bits per heavy atom. The quantitative estimate of drug-likeness (QED) is 0.289. The number of rotatable bonds is 9. The van der Waals surface area contributed by atoms with E-state index in [0.29, 0.717) is 41.1 Å². The Labute approximate surface area is 208 Å². The highest BCUT2D eigenvalue weighted by Crippen LogP contribution is 2.25. The van der Waals surface area contributed by atoms with Gasteiger partial charge in [-0.25, -0.2) is 0 Å². The van der Waals surface area contributed by atoms with Crippen molar-refractivity contribution in [3.8, 4) is 11.5 Å². The van der Waals surface area contributed by atoms with Crippen LogP contribution in [0.3, 0.4) is 0 Å². The zero-order chi connectivity index (χ0) is 23.9. The monoisotopic (exact) mass is 495 g/mol. The van der Waals surface area contributed by atoms with E-state index < -0.39 is 0 Å². The Bertz CT molecular complexity index is 1250. The molecule has 1 aromatic heterocycles. The molecule has 0 radical (unpaired) electrons. The molecule has 174 valence electrons. The first-order valence-corrected chi connectivity index (χ1v) is 11.5. The van der Waals surface area contributed by atoms with Crippen LogP contribution >= 0.6 is 23.2 Å². The number of ether oxygens (including phenoxy) is 2. The van der Waals surface area contributed by atoms with Crippen LogP contribution in [0.1, 0.15) is 28.4 Å². The molecule has 6 nitrogen and oxygen atoms in total. The molecule has 4 aromatic rings. The van der Waals surface area contributed by atoms with E-state index >= 15 is 0 Å². The maximum Gasteiger partial charge on any atom is 0.255 e. The molecule has 0 fully saturated rings. The molecule has 0 atom stereocenters. The van der Waals surface area contributed by atoms with Gasteiger partial charge in [-0.3, -0.25) is 9.48 Å². The van der Waals surface area contributed by atoms with Crippen LogP contribution in [0.15, 0.2) is 79.1 Å². The Morgan fingerprint density at radius 2 is 1.65 bits per heavy atom. The summed E-state index contributed by atoms with van der Waals surface area (Å²) in [5.41, 5.74) is 2.75. The lowest BCUT2D eigenvalue weighted by Crippen LogP contribution is -2.12. The molecule has 0 unspecified atom stereocenters. The maximum absolute atomic E-state index is 12.8. The molecule has 0 saturated heterocycles. The summed E-state index contributed by atoms with van der Waals surface area (Å²) in [6, 6.07) is 20.1. The van der Waals surface area contributed by atoms with Gasteiger partial charge in [0, 0.05) is 27.4 Å². The van der Waals surface area contributed by atoms with E-state index in [9.17, 15) is 4.79 Å². The van der Waals surface area contributed by atoms with Crippen molar-refractivity contribution < 1.29 is 14.3 Å². The Kier molecular flexibility index (Phi) is 7.72. The van der Waals surface area contributed by atoms with E-state index in [2.05, 4.69) is 10.4 Å². The number of nitrogens with zero attached hydrogens (tertiary/aromatic N) is 2. The van der Waals surface area contributed by atoms with Crippen LogP contribution < -0.4 is 14.8 Å². The summed E-state index contributed by atoms with van der Waals surface area (Å²) < 4.78 is 12.9. The third kappa shape index (κ3) is 6.10. The van der Waals surface area contributed by atoms with Gasteiger partial charge in [0.15, 0.2) is 0 Å². The predicted octanol–water partition coefficient (Wildman–Crippen LogP) is 6.47. The average Bonchev–Trinajstić information content (AvgIpc) is 3.28. The lowest BCUT2D eigenvalue weighted by atomic mass is 10.1. The fourth-order valence-electron chi connectivity index (χ4n) is 3.33.